The quantitative estimate of drug-likeness (QED) is 0.510. The summed E-state index contributed by atoms with van der Waals surface area (Å²) in [5, 5.41) is 21.6. The molecule has 0 fully saturated rings. The maximum absolute atomic E-state index is 12.3. The van der Waals surface area contributed by atoms with E-state index < -0.39 is 23.2 Å². The number of nitrogens with zero attached hydrogens (tertiary/aromatic N) is 1. The molecule has 0 saturated heterocycles. The van der Waals surface area contributed by atoms with Gasteiger partial charge in [-0.05, 0) is 42.5 Å². The van der Waals surface area contributed by atoms with Gasteiger partial charge in [0.2, 0.25) is 0 Å². The summed E-state index contributed by atoms with van der Waals surface area (Å²) in [7, 11) is 0. The third-order valence-corrected chi connectivity index (χ3v) is 3.91. The molecule has 27 heavy (non-hydrogen) atoms. The Bertz CT molecular complexity index is 1090. The lowest BCUT2D eigenvalue weighted by atomic mass is 10.2. The zero-order valence-corrected chi connectivity index (χ0v) is 14.3. The first-order chi connectivity index (χ1) is 12.8. The number of carbonyl (C=O) groups is 2. The number of anilines is 1. The summed E-state index contributed by atoms with van der Waals surface area (Å²) in [6, 6.07) is 10.0. The number of nitrogens with one attached hydrogen (secondary N) is 2. The van der Waals surface area contributed by atoms with E-state index in [9.17, 15) is 19.5 Å². The molecule has 0 aliphatic heterocycles. The lowest BCUT2D eigenvalue weighted by Gasteiger charge is -2.08. The first kappa shape index (κ1) is 18.2. The fourth-order valence-corrected chi connectivity index (χ4v) is 2.40. The number of hydrogen-bond donors (Lipinski definition) is 4. The summed E-state index contributed by atoms with van der Waals surface area (Å²) in [4.78, 5) is 41.9. The van der Waals surface area contributed by atoms with E-state index >= 15 is 0 Å². The SMILES string of the molecule is O=C(O)c1ccc(NC(=O)c2cnc(-c3ccc(Cl)cc3)[nH]c2=O)c(O)c1. The van der Waals surface area contributed by atoms with Crippen LogP contribution in [0.25, 0.3) is 11.4 Å². The van der Waals surface area contributed by atoms with Crippen LogP contribution in [0.2, 0.25) is 5.02 Å². The Morgan fingerprint density at radius 3 is 2.41 bits per heavy atom. The van der Waals surface area contributed by atoms with Crippen molar-refractivity contribution in [1.29, 1.82) is 0 Å². The number of H-pyrrole nitrogens is 1. The number of aromatic nitrogens is 2. The van der Waals surface area contributed by atoms with Gasteiger partial charge in [0.25, 0.3) is 11.5 Å². The van der Waals surface area contributed by atoms with Crippen LogP contribution in [0.3, 0.4) is 0 Å². The third kappa shape index (κ3) is 3.96. The third-order valence-electron chi connectivity index (χ3n) is 3.65. The fourth-order valence-electron chi connectivity index (χ4n) is 2.27. The molecule has 0 aliphatic rings. The molecule has 1 heterocycles. The van der Waals surface area contributed by atoms with Crippen LogP contribution < -0.4 is 10.9 Å². The lowest BCUT2D eigenvalue weighted by molar-refractivity contribution is 0.0696. The Labute approximate surface area is 157 Å². The van der Waals surface area contributed by atoms with Gasteiger partial charge in [0.15, 0.2) is 0 Å². The van der Waals surface area contributed by atoms with Gasteiger partial charge in [0.1, 0.15) is 17.1 Å². The van der Waals surface area contributed by atoms with E-state index in [-0.39, 0.29) is 22.6 Å². The van der Waals surface area contributed by atoms with Crippen LogP contribution in [0.1, 0.15) is 20.7 Å². The van der Waals surface area contributed by atoms with Crippen molar-refractivity contribution in [2.45, 2.75) is 0 Å². The van der Waals surface area contributed by atoms with E-state index in [1.807, 2.05) is 0 Å². The number of halogens is 1. The predicted molar refractivity (Wildman–Crippen MR) is 98.3 cm³/mol. The number of aromatic amines is 1. The van der Waals surface area contributed by atoms with Crippen molar-refractivity contribution < 1.29 is 19.8 Å². The van der Waals surface area contributed by atoms with E-state index in [1.165, 1.54) is 12.1 Å². The van der Waals surface area contributed by atoms with Gasteiger partial charge < -0.3 is 20.5 Å². The fraction of sp³-hybridized carbons (Fsp3) is 0. The summed E-state index contributed by atoms with van der Waals surface area (Å²) < 4.78 is 0. The van der Waals surface area contributed by atoms with Crippen molar-refractivity contribution >= 4 is 29.2 Å². The summed E-state index contributed by atoms with van der Waals surface area (Å²) in [6.45, 7) is 0. The number of phenols is 1. The van der Waals surface area contributed by atoms with Crippen molar-refractivity contribution in [3.8, 4) is 17.1 Å². The van der Waals surface area contributed by atoms with E-state index in [0.29, 0.717) is 10.6 Å². The average molecular weight is 386 g/mol. The molecule has 0 aliphatic carbocycles. The number of hydrogen-bond acceptors (Lipinski definition) is 5. The monoisotopic (exact) mass is 385 g/mol. The van der Waals surface area contributed by atoms with Crippen molar-refractivity contribution in [2.75, 3.05) is 5.32 Å². The van der Waals surface area contributed by atoms with E-state index in [0.717, 1.165) is 12.3 Å². The average Bonchev–Trinajstić information content (AvgIpc) is 2.63. The van der Waals surface area contributed by atoms with Gasteiger partial charge in [-0.15, -0.1) is 0 Å². The highest BCUT2D eigenvalue weighted by atomic mass is 35.5. The molecule has 0 unspecified atom stereocenters. The maximum Gasteiger partial charge on any atom is 0.335 e. The molecule has 1 aromatic heterocycles. The predicted octanol–water partition coefficient (Wildman–Crippen LogP) is 2.75. The molecule has 0 atom stereocenters. The Balaban J connectivity index is 1.84. The number of carboxylic acid groups (broad SMARTS) is 1. The van der Waals surface area contributed by atoms with Gasteiger partial charge in [0.05, 0.1) is 11.3 Å². The Hall–Kier alpha value is -3.65. The zero-order chi connectivity index (χ0) is 19.6. The summed E-state index contributed by atoms with van der Waals surface area (Å²) >= 11 is 5.82. The molecular formula is C18H12ClN3O5. The summed E-state index contributed by atoms with van der Waals surface area (Å²) in [5.74, 6) is -2.20. The minimum absolute atomic E-state index is 0.0359. The Kier molecular flexibility index (Phi) is 4.91. The topological polar surface area (TPSA) is 132 Å². The van der Waals surface area contributed by atoms with Crippen molar-refractivity contribution in [1.82, 2.24) is 9.97 Å². The summed E-state index contributed by atoms with van der Waals surface area (Å²) in [5.41, 5.74) is -0.502. The second kappa shape index (κ2) is 7.30. The second-order valence-corrected chi connectivity index (χ2v) is 5.91. The second-order valence-electron chi connectivity index (χ2n) is 5.47. The number of carbonyl (C=O) groups excluding carboxylic acids is 1. The molecule has 8 nitrogen and oxygen atoms in total. The summed E-state index contributed by atoms with van der Waals surface area (Å²) in [6.07, 6.45) is 1.11. The number of rotatable bonds is 4. The lowest BCUT2D eigenvalue weighted by Crippen LogP contribution is -2.24. The highest BCUT2D eigenvalue weighted by molar-refractivity contribution is 6.30. The molecule has 4 N–H and O–H groups in total. The Morgan fingerprint density at radius 1 is 1.11 bits per heavy atom. The van der Waals surface area contributed by atoms with Gasteiger partial charge in [-0.2, -0.15) is 0 Å². The largest absolute Gasteiger partial charge is 0.506 e. The van der Waals surface area contributed by atoms with Crippen molar-refractivity contribution in [3.63, 3.8) is 0 Å². The highest BCUT2D eigenvalue weighted by Crippen LogP contribution is 2.24. The zero-order valence-electron chi connectivity index (χ0n) is 13.6. The number of carboxylic acids is 1. The molecule has 3 aromatic rings. The first-order valence-electron chi connectivity index (χ1n) is 7.58. The smallest absolute Gasteiger partial charge is 0.335 e. The van der Waals surface area contributed by atoms with Crippen LogP contribution in [0.5, 0.6) is 5.75 Å². The molecule has 136 valence electrons. The number of benzene rings is 2. The molecule has 0 saturated carbocycles. The normalized spacial score (nSPS) is 10.4. The van der Waals surface area contributed by atoms with Crippen molar-refractivity contribution in [2.24, 2.45) is 0 Å². The minimum atomic E-state index is -1.22. The number of aromatic carboxylic acids is 1. The van der Waals surface area contributed by atoms with Gasteiger partial charge in [-0.25, -0.2) is 9.78 Å². The van der Waals surface area contributed by atoms with Gasteiger partial charge in [-0.1, -0.05) is 11.6 Å². The number of phenolic OH excluding ortho intramolecular Hbond substituents is 1. The highest BCUT2D eigenvalue weighted by Gasteiger charge is 2.15. The van der Waals surface area contributed by atoms with E-state index in [4.69, 9.17) is 16.7 Å². The molecule has 9 heteroatoms. The standard InChI is InChI=1S/C18H12ClN3O5/c19-11-4-1-9(2-5-11)15-20-8-12(17(25)22-15)16(24)21-13-6-3-10(18(26)27)7-14(13)23/h1-8,23H,(H,21,24)(H,26,27)(H,20,22,25). The first-order valence-corrected chi connectivity index (χ1v) is 7.96. The molecule has 1 amide bonds. The van der Waals surface area contributed by atoms with Crippen LogP contribution in [-0.4, -0.2) is 32.1 Å². The Morgan fingerprint density at radius 2 is 1.81 bits per heavy atom. The van der Waals surface area contributed by atoms with Gasteiger partial charge in [0, 0.05) is 16.8 Å². The van der Waals surface area contributed by atoms with E-state index in [1.54, 1.807) is 24.3 Å². The van der Waals surface area contributed by atoms with E-state index in [2.05, 4.69) is 15.3 Å². The molecule has 0 bridgehead atoms. The van der Waals surface area contributed by atoms with Crippen LogP contribution in [-0.2, 0) is 0 Å². The van der Waals surface area contributed by atoms with Crippen LogP contribution >= 0.6 is 11.6 Å². The molecule has 0 radical (unpaired) electrons. The van der Waals surface area contributed by atoms with Crippen LogP contribution in [0, 0.1) is 0 Å². The molecule has 3 rings (SSSR count). The van der Waals surface area contributed by atoms with Crippen LogP contribution in [0.4, 0.5) is 5.69 Å². The molecule has 2 aromatic carbocycles. The maximum atomic E-state index is 12.3. The van der Waals surface area contributed by atoms with Gasteiger partial charge >= 0.3 is 5.97 Å². The number of aromatic hydroxyl groups is 1. The van der Waals surface area contributed by atoms with Gasteiger partial charge in [-0.3, -0.25) is 9.59 Å². The number of amides is 1. The molecular weight excluding hydrogens is 374 g/mol. The molecule has 0 spiro atoms. The minimum Gasteiger partial charge on any atom is -0.506 e. The van der Waals surface area contributed by atoms with Crippen molar-refractivity contribution in [3.05, 3.63) is 75.2 Å². The van der Waals surface area contributed by atoms with Crippen LogP contribution in [0.15, 0.2) is 53.5 Å².